The maximum atomic E-state index is 9.21. The first kappa shape index (κ1) is 12.9. The normalized spacial score (nSPS) is 25.9. The van der Waals surface area contributed by atoms with Crippen molar-refractivity contribution in [2.45, 2.75) is 25.3 Å². The average molecular weight is 260 g/mol. The van der Waals surface area contributed by atoms with E-state index in [-0.39, 0.29) is 0 Å². The minimum Gasteiger partial charge on any atom is -0.396 e. The lowest BCUT2D eigenvalue weighted by Crippen LogP contribution is -2.43. The van der Waals surface area contributed by atoms with Crippen LogP contribution < -0.4 is 4.90 Å². The van der Waals surface area contributed by atoms with Crippen molar-refractivity contribution in [3.8, 4) is 0 Å². The van der Waals surface area contributed by atoms with Crippen LogP contribution in [0.5, 0.6) is 0 Å². The second-order valence-electron chi connectivity index (χ2n) is 5.89. The molecule has 2 fully saturated rings. The van der Waals surface area contributed by atoms with Gasteiger partial charge in [-0.15, -0.1) is 0 Å². The van der Waals surface area contributed by atoms with Crippen molar-refractivity contribution in [3.05, 3.63) is 30.3 Å². The van der Waals surface area contributed by atoms with E-state index in [0.29, 0.717) is 18.6 Å². The molecule has 1 aromatic carbocycles. The summed E-state index contributed by atoms with van der Waals surface area (Å²) >= 11 is 0. The van der Waals surface area contributed by atoms with E-state index in [1.54, 1.807) is 0 Å². The molecule has 1 atom stereocenters. The molecule has 0 saturated carbocycles. The van der Waals surface area contributed by atoms with Crippen molar-refractivity contribution in [1.29, 1.82) is 0 Å². The Bertz CT molecular complexity index is 387. The number of rotatable bonds is 3. The minimum absolute atomic E-state index is 0.370. The fourth-order valence-electron chi connectivity index (χ4n) is 3.41. The number of anilines is 1. The Labute approximate surface area is 115 Å². The molecular formula is C16H24N2O. The summed E-state index contributed by atoms with van der Waals surface area (Å²) in [6, 6.07) is 11.4. The van der Waals surface area contributed by atoms with Crippen LogP contribution in [0.4, 0.5) is 5.69 Å². The summed E-state index contributed by atoms with van der Waals surface area (Å²) in [7, 11) is 0. The standard InChI is InChI=1S/C16H24N2O/c19-13-14-6-9-17(10-7-14)16-8-11-18(12-16)15-4-2-1-3-5-15/h1-5,14,16,19H,6-13H2. The van der Waals surface area contributed by atoms with E-state index in [1.807, 2.05) is 0 Å². The van der Waals surface area contributed by atoms with Crippen LogP contribution in [-0.4, -0.2) is 48.8 Å². The molecule has 1 N–H and O–H groups in total. The van der Waals surface area contributed by atoms with Crippen LogP contribution in [0.3, 0.4) is 0 Å². The number of para-hydroxylation sites is 1. The summed E-state index contributed by atoms with van der Waals surface area (Å²) < 4.78 is 0. The molecule has 2 aliphatic rings. The molecular weight excluding hydrogens is 236 g/mol. The zero-order chi connectivity index (χ0) is 13.1. The van der Waals surface area contributed by atoms with Gasteiger partial charge in [0.2, 0.25) is 0 Å². The molecule has 3 rings (SSSR count). The minimum atomic E-state index is 0.370. The van der Waals surface area contributed by atoms with Gasteiger partial charge in [0.1, 0.15) is 0 Å². The van der Waals surface area contributed by atoms with Crippen LogP contribution >= 0.6 is 0 Å². The van der Waals surface area contributed by atoms with E-state index in [4.69, 9.17) is 0 Å². The van der Waals surface area contributed by atoms with Crippen molar-refractivity contribution >= 4 is 5.69 Å². The summed E-state index contributed by atoms with van der Waals surface area (Å²) in [5, 5.41) is 9.21. The number of likely N-dealkylation sites (tertiary alicyclic amines) is 1. The van der Waals surface area contributed by atoms with Crippen molar-refractivity contribution < 1.29 is 5.11 Å². The zero-order valence-corrected chi connectivity index (χ0v) is 11.5. The van der Waals surface area contributed by atoms with Crippen LogP contribution in [0.25, 0.3) is 0 Å². The summed E-state index contributed by atoms with van der Waals surface area (Å²) in [5.41, 5.74) is 1.36. The van der Waals surface area contributed by atoms with Gasteiger partial charge in [-0.25, -0.2) is 0 Å². The molecule has 1 unspecified atom stereocenters. The molecule has 0 bridgehead atoms. The van der Waals surface area contributed by atoms with Crippen LogP contribution in [-0.2, 0) is 0 Å². The average Bonchev–Trinajstić information content (AvgIpc) is 2.98. The third kappa shape index (κ3) is 2.93. The van der Waals surface area contributed by atoms with Gasteiger partial charge in [-0.2, -0.15) is 0 Å². The van der Waals surface area contributed by atoms with Gasteiger partial charge in [-0.3, -0.25) is 4.90 Å². The van der Waals surface area contributed by atoms with Crippen molar-refractivity contribution in [3.63, 3.8) is 0 Å². The molecule has 0 radical (unpaired) electrons. The predicted molar refractivity (Wildman–Crippen MR) is 78.4 cm³/mol. The lowest BCUT2D eigenvalue weighted by atomic mass is 9.96. The van der Waals surface area contributed by atoms with Gasteiger partial charge in [0.15, 0.2) is 0 Å². The summed E-state index contributed by atoms with van der Waals surface area (Å²) in [5.74, 6) is 0.544. The zero-order valence-electron chi connectivity index (χ0n) is 11.5. The van der Waals surface area contributed by atoms with Gasteiger partial charge in [-0.1, -0.05) is 18.2 Å². The Morgan fingerprint density at radius 3 is 2.42 bits per heavy atom. The lowest BCUT2D eigenvalue weighted by Gasteiger charge is -2.35. The van der Waals surface area contributed by atoms with Crippen LogP contribution in [0.15, 0.2) is 30.3 Å². The van der Waals surface area contributed by atoms with E-state index >= 15 is 0 Å². The molecule has 3 heteroatoms. The molecule has 2 aliphatic heterocycles. The van der Waals surface area contributed by atoms with Gasteiger partial charge in [0, 0.05) is 31.4 Å². The van der Waals surface area contributed by atoms with E-state index in [2.05, 4.69) is 40.1 Å². The molecule has 19 heavy (non-hydrogen) atoms. The molecule has 3 nitrogen and oxygen atoms in total. The Hall–Kier alpha value is -1.06. The third-order valence-corrected chi connectivity index (χ3v) is 4.71. The summed E-state index contributed by atoms with van der Waals surface area (Å²) in [6.07, 6.45) is 3.61. The van der Waals surface area contributed by atoms with E-state index in [9.17, 15) is 5.11 Å². The maximum Gasteiger partial charge on any atom is 0.0460 e. The van der Waals surface area contributed by atoms with Crippen LogP contribution in [0.1, 0.15) is 19.3 Å². The number of aliphatic hydroxyl groups excluding tert-OH is 1. The van der Waals surface area contributed by atoms with Gasteiger partial charge < -0.3 is 10.0 Å². The van der Waals surface area contributed by atoms with Crippen LogP contribution in [0.2, 0.25) is 0 Å². The molecule has 0 aromatic heterocycles. The van der Waals surface area contributed by atoms with Crippen molar-refractivity contribution in [2.24, 2.45) is 5.92 Å². The largest absolute Gasteiger partial charge is 0.396 e. The highest BCUT2D eigenvalue weighted by Crippen LogP contribution is 2.26. The first-order chi connectivity index (χ1) is 9.36. The summed E-state index contributed by atoms with van der Waals surface area (Å²) in [6.45, 7) is 5.04. The van der Waals surface area contributed by atoms with Crippen LogP contribution in [0, 0.1) is 5.92 Å². The topological polar surface area (TPSA) is 26.7 Å². The molecule has 104 valence electrons. The quantitative estimate of drug-likeness (QED) is 0.900. The van der Waals surface area contributed by atoms with E-state index in [1.165, 1.54) is 44.6 Å². The van der Waals surface area contributed by atoms with Crippen molar-refractivity contribution in [2.75, 3.05) is 37.7 Å². The molecule has 2 saturated heterocycles. The first-order valence-corrected chi connectivity index (χ1v) is 7.51. The highest BCUT2D eigenvalue weighted by molar-refractivity contribution is 5.47. The van der Waals surface area contributed by atoms with E-state index in [0.717, 1.165) is 6.54 Å². The number of benzene rings is 1. The Morgan fingerprint density at radius 2 is 1.74 bits per heavy atom. The number of hydrogen-bond donors (Lipinski definition) is 1. The predicted octanol–water partition coefficient (Wildman–Crippen LogP) is 1.97. The molecule has 0 amide bonds. The Morgan fingerprint density at radius 1 is 1.00 bits per heavy atom. The van der Waals surface area contributed by atoms with Gasteiger partial charge in [0.05, 0.1) is 0 Å². The van der Waals surface area contributed by atoms with Gasteiger partial charge in [-0.05, 0) is 50.4 Å². The van der Waals surface area contributed by atoms with Gasteiger partial charge >= 0.3 is 0 Å². The highest BCUT2D eigenvalue weighted by Gasteiger charge is 2.30. The molecule has 1 aromatic rings. The second-order valence-corrected chi connectivity index (χ2v) is 5.89. The molecule has 0 aliphatic carbocycles. The SMILES string of the molecule is OCC1CCN(C2CCN(c3ccccc3)C2)CC1. The fourth-order valence-corrected chi connectivity index (χ4v) is 3.41. The third-order valence-electron chi connectivity index (χ3n) is 4.71. The van der Waals surface area contributed by atoms with Gasteiger partial charge in [0.25, 0.3) is 0 Å². The molecule has 2 heterocycles. The lowest BCUT2D eigenvalue weighted by molar-refractivity contribution is 0.107. The number of hydrogen-bond acceptors (Lipinski definition) is 3. The summed E-state index contributed by atoms with van der Waals surface area (Å²) in [4.78, 5) is 5.14. The number of aliphatic hydroxyl groups is 1. The first-order valence-electron chi connectivity index (χ1n) is 7.51. The van der Waals surface area contributed by atoms with Crippen molar-refractivity contribution in [1.82, 2.24) is 4.90 Å². The number of nitrogens with zero attached hydrogens (tertiary/aromatic N) is 2. The monoisotopic (exact) mass is 260 g/mol. The highest BCUT2D eigenvalue weighted by atomic mass is 16.3. The Balaban J connectivity index is 1.55. The van der Waals surface area contributed by atoms with E-state index < -0.39 is 0 Å². The molecule has 0 spiro atoms. The Kier molecular flexibility index (Phi) is 4.04. The fraction of sp³-hybridized carbons (Fsp3) is 0.625. The number of piperidine rings is 1. The smallest absolute Gasteiger partial charge is 0.0460 e. The maximum absolute atomic E-state index is 9.21. The second kappa shape index (κ2) is 5.93.